The molecule has 1 rings (SSSR count). The molecule has 1 aliphatic heterocycles. The van der Waals surface area contributed by atoms with Gasteiger partial charge in [0.05, 0.1) is 6.10 Å². The van der Waals surface area contributed by atoms with Gasteiger partial charge in [0.1, 0.15) is 6.10 Å². The molecule has 0 aliphatic carbocycles. The van der Waals surface area contributed by atoms with Crippen molar-refractivity contribution in [3.63, 3.8) is 0 Å². The van der Waals surface area contributed by atoms with E-state index in [0.29, 0.717) is 12.8 Å². The van der Waals surface area contributed by atoms with Gasteiger partial charge in [-0.2, -0.15) is 0 Å². The second kappa shape index (κ2) is 5.09. The van der Waals surface area contributed by atoms with Crippen LogP contribution in [0.25, 0.3) is 0 Å². The maximum atomic E-state index is 11.4. The van der Waals surface area contributed by atoms with Crippen LogP contribution >= 0.6 is 0 Å². The van der Waals surface area contributed by atoms with Crippen LogP contribution in [0.3, 0.4) is 0 Å². The fourth-order valence-electron chi connectivity index (χ4n) is 1.37. The fraction of sp³-hybridized carbons (Fsp3) is 0.778. The monoisotopic (exact) mass is 217 g/mol. The first-order valence-electron chi connectivity index (χ1n) is 4.84. The molecule has 1 amide bonds. The summed E-state index contributed by atoms with van der Waals surface area (Å²) in [7, 11) is 0. The molecule has 1 aliphatic rings. The van der Waals surface area contributed by atoms with Gasteiger partial charge < -0.3 is 20.3 Å². The van der Waals surface area contributed by atoms with E-state index in [0.717, 1.165) is 0 Å². The van der Waals surface area contributed by atoms with Gasteiger partial charge in [0, 0.05) is 6.54 Å². The SMILES string of the molecule is CC(O)CNC(=O)[C@@H]1CC[C@H](C(=O)O)O1. The van der Waals surface area contributed by atoms with Crippen LogP contribution in [-0.2, 0) is 14.3 Å². The molecule has 3 N–H and O–H groups in total. The zero-order valence-electron chi connectivity index (χ0n) is 8.47. The average molecular weight is 217 g/mol. The Balaban J connectivity index is 2.33. The average Bonchev–Trinajstić information content (AvgIpc) is 2.62. The number of aliphatic hydroxyl groups is 1. The second-order valence-electron chi connectivity index (χ2n) is 3.62. The Bertz CT molecular complexity index is 253. The number of amides is 1. The summed E-state index contributed by atoms with van der Waals surface area (Å²) in [6.45, 7) is 1.70. The summed E-state index contributed by atoms with van der Waals surface area (Å²) in [6.07, 6.45) is -1.45. The standard InChI is InChI=1S/C9H15NO5/c1-5(11)4-10-8(12)6-2-3-7(15-6)9(13)14/h5-7,11H,2-4H2,1H3,(H,10,12)(H,13,14)/t5?,6-,7+/m0/s1. The molecule has 0 radical (unpaired) electrons. The van der Waals surface area contributed by atoms with Gasteiger partial charge in [-0.3, -0.25) is 4.79 Å². The third-order valence-corrected chi connectivity index (χ3v) is 2.16. The molecule has 0 bridgehead atoms. The number of rotatable bonds is 4. The third-order valence-electron chi connectivity index (χ3n) is 2.16. The van der Waals surface area contributed by atoms with Crippen molar-refractivity contribution in [1.82, 2.24) is 5.32 Å². The minimum atomic E-state index is -1.04. The minimum Gasteiger partial charge on any atom is -0.479 e. The maximum Gasteiger partial charge on any atom is 0.332 e. The van der Waals surface area contributed by atoms with E-state index in [1.165, 1.54) is 0 Å². The Kier molecular flexibility index (Phi) is 4.05. The van der Waals surface area contributed by atoms with Crippen LogP contribution in [-0.4, -0.2) is 46.9 Å². The lowest BCUT2D eigenvalue weighted by atomic mass is 10.2. The summed E-state index contributed by atoms with van der Waals surface area (Å²) in [6, 6.07) is 0. The van der Waals surface area contributed by atoms with E-state index in [-0.39, 0.29) is 12.5 Å². The van der Waals surface area contributed by atoms with Crippen molar-refractivity contribution in [3.05, 3.63) is 0 Å². The van der Waals surface area contributed by atoms with Gasteiger partial charge in [0.2, 0.25) is 5.91 Å². The first kappa shape index (κ1) is 11.9. The van der Waals surface area contributed by atoms with Gasteiger partial charge in [-0.15, -0.1) is 0 Å². The van der Waals surface area contributed by atoms with Gasteiger partial charge in [0.15, 0.2) is 6.10 Å². The van der Waals surface area contributed by atoms with E-state index in [1.807, 2.05) is 0 Å². The van der Waals surface area contributed by atoms with E-state index in [9.17, 15) is 9.59 Å². The largest absolute Gasteiger partial charge is 0.479 e. The Labute approximate surface area is 87.2 Å². The molecule has 3 atom stereocenters. The molecule has 0 aromatic heterocycles. The van der Waals surface area contributed by atoms with Gasteiger partial charge in [-0.1, -0.05) is 0 Å². The van der Waals surface area contributed by atoms with E-state index in [2.05, 4.69) is 5.32 Å². The lowest BCUT2D eigenvalue weighted by molar-refractivity contribution is -0.151. The topological polar surface area (TPSA) is 95.9 Å². The highest BCUT2D eigenvalue weighted by atomic mass is 16.5. The molecule has 86 valence electrons. The number of aliphatic hydroxyl groups excluding tert-OH is 1. The highest BCUT2D eigenvalue weighted by Gasteiger charge is 2.34. The number of carboxylic acid groups (broad SMARTS) is 1. The van der Waals surface area contributed by atoms with Crippen LogP contribution in [0.1, 0.15) is 19.8 Å². The fourth-order valence-corrected chi connectivity index (χ4v) is 1.37. The number of ether oxygens (including phenoxy) is 1. The molecule has 1 unspecified atom stereocenters. The van der Waals surface area contributed by atoms with Gasteiger partial charge in [0.25, 0.3) is 0 Å². The molecule has 1 fully saturated rings. The van der Waals surface area contributed by atoms with Crippen molar-refractivity contribution in [3.8, 4) is 0 Å². The maximum absolute atomic E-state index is 11.4. The summed E-state index contributed by atoms with van der Waals surface area (Å²) in [5.41, 5.74) is 0. The summed E-state index contributed by atoms with van der Waals surface area (Å²) >= 11 is 0. The van der Waals surface area contributed by atoms with Crippen molar-refractivity contribution in [1.29, 1.82) is 0 Å². The van der Waals surface area contributed by atoms with Crippen LogP contribution in [0.15, 0.2) is 0 Å². The van der Waals surface area contributed by atoms with E-state index < -0.39 is 24.3 Å². The van der Waals surface area contributed by atoms with E-state index in [4.69, 9.17) is 14.9 Å². The smallest absolute Gasteiger partial charge is 0.332 e. The summed E-state index contributed by atoms with van der Waals surface area (Å²) in [5, 5.41) is 20.0. The van der Waals surface area contributed by atoms with Crippen molar-refractivity contribution in [2.45, 2.75) is 38.1 Å². The van der Waals surface area contributed by atoms with Crippen LogP contribution in [0.4, 0.5) is 0 Å². The molecule has 0 saturated carbocycles. The number of carbonyl (C=O) groups excluding carboxylic acids is 1. The number of carboxylic acids is 1. The molecular weight excluding hydrogens is 202 g/mol. The van der Waals surface area contributed by atoms with Crippen molar-refractivity contribution in [2.75, 3.05) is 6.54 Å². The summed E-state index contributed by atoms with van der Waals surface area (Å²) < 4.78 is 5.02. The third kappa shape index (κ3) is 3.49. The van der Waals surface area contributed by atoms with Crippen molar-refractivity contribution < 1.29 is 24.5 Å². The Morgan fingerprint density at radius 1 is 1.47 bits per heavy atom. The van der Waals surface area contributed by atoms with Gasteiger partial charge >= 0.3 is 5.97 Å². The highest BCUT2D eigenvalue weighted by Crippen LogP contribution is 2.19. The molecule has 6 heteroatoms. The number of hydrogen-bond acceptors (Lipinski definition) is 4. The van der Waals surface area contributed by atoms with Gasteiger partial charge in [-0.05, 0) is 19.8 Å². The Morgan fingerprint density at radius 2 is 2.07 bits per heavy atom. The number of nitrogens with one attached hydrogen (secondary N) is 1. The van der Waals surface area contributed by atoms with Crippen LogP contribution < -0.4 is 5.32 Å². The predicted molar refractivity (Wildman–Crippen MR) is 50.2 cm³/mol. The highest BCUT2D eigenvalue weighted by molar-refractivity contribution is 5.82. The zero-order chi connectivity index (χ0) is 11.4. The van der Waals surface area contributed by atoms with E-state index >= 15 is 0 Å². The lowest BCUT2D eigenvalue weighted by Crippen LogP contribution is -2.38. The number of aliphatic carboxylic acids is 1. The number of hydrogen-bond donors (Lipinski definition) is 3. The molecule has 1 saturated heterocycles. The van der Waals surface area contributed by atoms with Crippen molar-refractivity contribution >= 4 is 11.9 Å². The Hall–Kier alpha value is -1.14. The molecule has 0 aromatic rings. The normalized spacial score (nSPS) is 27.3. The van der Waals surface area contributed by atoms with Crippen molar-refractivity contribution in [2.24, 2.45) is 0 Å². The minimum absolute atomic E-state index is 0.149. The first-order valence-corrected chi connectivity index (χ1v) is 4.84. The quantitative estimate of drug-likeness (QED) is 0.568. The molecule has 15 heavy (non-hydrogen) atoms. The van der Waals surface area contributed by atoms with Crippen LogP contribution in [0, 0.1) is 0 Å². The predicted octanol–water partition coefficient (Wildman–Crippen LogP) is -0.884. The zero-order valence-corrected chi connectivity index (χ0v) is 8.47. The van der Waals surface area contributed by atoms with Gasteiger partial charge in [-0.25, -0.2) is 4.79 Å². The van der Waals surface area contributed by atoms with E-state index in [1.54, 1.807) is 6.92 Å². The molecule has 1 heterocycles. The lowest BCUT2D eigenvalue weighted by Gasteiger charge is -2.12. The molecule has 0 spiro atoms. The summed E-state index contributed by atoms with van der Waals surface area (Å²) in [4.78, 5) is 21.9. The molecule has 6 nitrogen and oxygen atoms in total. The molecular formula is C9H15NO5. The number of carbonyl (C=O) groups is 2. The second-order valence-corrected chi connectivity index (χ2v) is 3.62. The Morgan fingerprint density at radius 3 is 2.53 bits per heavy atom. The van der Waals surface area contributed by atoms with Crippen LogP contribution in [0.2, 0.25) is 0 Å². The molecule has 0 aromatic carbocycles. The summed E-state index contributed by atoms with van der Waals surface area (Å²) in [5.74, 6) is -1.40. The first-order chi connectivity index (χ1) is 7.00. The van der Waals surface area contributed by atoms with Crippen LogP contribution in [0.5, 0.6) is 0 Å².